The average molecular weight is 408 g/mol. The topological polar surface area (TPSA) is 94.0 Å². The number of nitrogens with one attached hydrogen (secondary N) is 1. The number of hydrogen-bond donors (Lipinski definition) is 1. The highest BCUT2D eigenvalue weighted by Gasteiger charge is 2.43. The Bertz CT molecular complexity index is 1250. The highest BCUT2D eigenvalue weighted by molar-refractivity contribution is 5.96. The van der Waals surface area contributed by atoms with Gasteiger partial charge >= 0.3 is 0 Å². The number of amides is 1. The molecular weight excluding hydrogens is 387 g/mol. The molecule has 0 unspecified atom stereocenters. The molecule has 1 amide bonds. The molecule has 1 saturated carbocycles. The zero-order valence-electron chi connectivity index (χ0n) is 16.9. The molecule has 0 aliphatic heterocycles. The number of carbonyl (C=O) groups is 2. The summed E-state index contributed by atoms with van der Waals surface area (Å²) in [4.78, 5) is 45.3. The van der Waals surface area contributed by atoms with Crippen molar-refractivity contribution in [2.24, 2.45) is 13.0 Å². The lowest BCUT2D eigenvalue weighted by Crippen LogP contribution is -2.20. The number of Topliss-reactive ketones (excluding diaryl/α,β-unsaturated/α-hetero) is 1. The number of pyridine rings is 3. The van der Waals surface area contributed by atoms with Gasteiger partial charge in [-0.2, -0.15) is 0 Å². The normalized spacial score (nSPS) is 17.7. The predicted molar refractivity (Wildman–Crippen MR) is 111 cm³/mol. The van der Waals surface area contributed by atoms with Gasteiger partial charge in [0.15, 0.2) is 5.78 Å². The van der Waals surface area contributed by atoms with E-state index in [0.717, 1.165) is 5.56 Å². The van der Waals surface area contributed by atoms with Gasteiger partial charge in [-0.3, -0.25) is 19.4 Å². The Morgan fingerprint density at radius 2 is 1.93 bits per heavy atom. The number of alkyl halides is 1. The fourth-order valence-corrected chi connectivity index (χ4v) is 3.45. The summed E-state index contributed by atoms with van der Waals surface area (Å²) in [7, 11) is 1.63. The first-order valence-corrected chi connectivity index (χ1v) is 9.75. The van der Waals surface area contributed by atoms with Crippen molar-refractivity contribution in [1.29, 1.82) is 0 Å². The molecule has 3 heterocycles. The number of anilines is 1. The van der Waals surface area contributed by atoms with Gasteiger partial charge < -0.3 is 9.88 Å². The Hall–Kier alpha value is -3.42. The summed E-state index contributed by atoms with van der Waals surface area (Å²) in [5, 5.41) is 3.31. The van der Waals surface area contributed by atoms with Crippen LogP contribution in [0.2, 0.25) is 0 Å². The van der Waals surface area contributed by atoms with Crippen LogP contribution in [-0.2, 0) is 11.8 Å². The van der Waals surface area contributed by atoms with E-state index in [1.54, 1.807) is 44.6 Å². The van der Waals surface area contributed by atoms with E-state index in [-0.39, 0.29) is 23.6 Å². The number of ketones is 1. The Morgan fingerprint density at radius 1 is 1.20 bits per heavy atom. The number of rotatable bonds is 5. The van der Waals surface area contributed by atoms with E-state index in [9.17, 15) is 18.8 Å². The van der Waals surface area contributed by atoms with E-state index in [4.69, 9.17) is 0 Å². The number of aryl methyl sites for hydroxylation is 2. The van der Waals surface area contributed by atoms with Crippen LogP contribution in [0.1, 0.15) is 35.8 Å². The molecule has 3 aromatic heterocycles. The molecule has 154 valence electrons. The maximum atomic E-state index is 13.1. The molecule has 4 rings (SSSR count). The zero-order chi connectivity index (χ0) is 21.6. The molecule has 1 fully saturated rings. The summed E-state index contributed by atoms with van der Waals surface area (Å²) in [6.07, 6.45) is 2.61. The van der Waals surface area contributed by atoms with Crippen molar-refractivity contribution in [2.45, 2.75) is 32.9 Å². The lowest BCUT2D eigenvalue weighted by atomic mass is 10.0. The molecule has 30 heavy (non-hydrogen) atoms. The summed E-state index contributed by atoms with van der Waals surface area (Å²) in [6, 6.07) is 5.01. The zero-order valence-corrected chi connectivity index (χ0v) is 16.9. The summed E-state index contributed by atoms with van der Waals surface area (Å²) >= 11 is 0. The Balaban J connectivity index is 1.73. The van der Waals surface area contributed by atoms with Gasteiger partial charge in [0.1, 0.15) is 17.7 Å². The lowest BCUT2D eigenvalue weighted by Gasteiger charge is -2.12. The van der Waals surface area contributed by atoms with Crippen LogP contribution in [0.4, 0.5) is 10.2 Å². The van der Waals surface area contributed by atoms with E-state index in [0.29, 0.717) is 34.1 Å². The minimum Gasteiger partial charge on any atom is -0.311 e. The second-order valence-electron chi connectivity index (χ2n) is 7.56. The van der Waals surface area contributed by atoms with Crippen molar-refractivity contribution in [3.8, 4) is 11.1 Å². The number of carbonyl (C=O) groups excluding carboxylic acids is 2. The molecule has 1 N–H and O–H groups in total. The van der Waals surface area contributed by atoms with Crippen LogP contribution < -0.4 is 10.9 Å². The van der Waals surface area contributed by atoms with Crippen LogP contribution in [-0.4, -0.2) is 32.4 Å². The minimum absolute atomic E-state index is 0.0554. The SMILES string of the molecule is CCC(=O)c1cc(C)c(-c2cc3cnc(NC(=O)[C@H]4C[C@H]4F)cc3n(C)c2=O)cn1. The van der Waals surface area contributed by atoms with Gasteiger partial charge in [-0.1, -0.05) is 6.92 Å². The molecule has 1 aliphatic carbocycles. The molecule has 2 atom stereocenters. The highest BCUT2D eigenvalue weighted by Crippen LogP contribution is 2.34. The van der Waals surface area contributed by atoms with Gasteiger partial charge in [0.05, 0.1) is 11.4 Å². The van der Waals surface area contributed by atoms with E-state index >= 15 is 0 Å². The molecule has 0 bridgehead atoms. The Kier molecular flexibility index (Phi) is 4.93. The summed E-state index contributed by atoms with van der Waals surface area (Å²) in [5.74, 6) is -0.805. The molecular formula is C22H21FN4O3. The maximum Gasteiger partial charge on any atom is 0.258 e. The first-order valence-electron chi connectivity index (χ1n) is 9.75. The number of aromatic nitrogens is 3. The van der Waals surface area contributed by atoms with Crippen molar-refractivity contribution >= 4 is 28.4 Å². The Labute approximate surface area is 172 Å². The van der Waals surface area contributed by atoms with E-state index in [1.165, 1.54) is 4.57 Å². The number of fused-ring (bicyclic) bond motifs is 1. The average Bonchev–Trinajstić information content (AvgIpc) is 3.47. The summed E-state index contributed by atoms with van der Waals surface area (Å²) in [6.45, 7) is 3.61. The summed E-state index contributed by atoms with van der Waals surface area (Å²) < 4.78 is 14.5. The van der Waals surface area contributed by atoms with Gasteiger partial charge in [-0.15, -0.1) is 0 Å². The molecule has 3 aromatic rings. The van der Waals surface area contributed by atoms with Gasteiger partial charge in [-0.25, -0.2) is 9.37 Å². The fourth-order valence-electron chi connectivity index (χ4n) is 3.45. The lowest BCUT2D eigenvalue weighted by molar-refractivity contribution is -0.117. The van der Waals surface area contributed by atoms with Gasteiger partial charge in [0, 0.05) is 48.4 Å². The van der Waals surface area contributed by atoms with Crippen LogP contribution >= 0.6 is 0 Å². The van der Waals surface area contributed by atoms with Crippen molar-refractivity contribution in [2.75, 3.05) is 5.32 Å². The third kappa shape index (κ3) is 3.49. The maximum absolute atomic E-state index is 13.1. The molecule has 8 heteroatoms. The quantitative estimate of drug-likeness (QED) is 0.655. The van der Waals surface area contributed by atoms with Crippen LogP contribution in [0.15, 0.2) is 35.4 Å². The smallest absolute Gasteiger partial charge is 0.258 e. The van der Waals surface area contributed by atoms with Crippen LogP contribution in [0.3, 0.4) is 0 Å². The van der Waals surface area contributed by atoms with Crippen molar-refractivity contribution in [3.05, 3.63) is 52.2 Å². The van der Waals surface area contributed by atoms with Crippen LogP contribution in [0.25, 0.3) is 22.0 Å². The van der Waals surface area contributed by atoms with E-state index < -0.39 is 18.0 Å². The minimum atomic E-state index is -1.09. The van der Waals surface area contributed by atoms with E-state index in [1.807, 2.05) is 6.92 Å². The highest BCUT2D eigenvalue weighted by atomic mass is 19.1. The van der Waals surface area contributed by atoms with E-state index in [2.05, 4.69) is 15.3 Å². The third-order valence-corrected chi connectivity index (χ3v) is 5.42. The van der Waals surface area contributed by atoms with Crippen molar-refractivity contribution < 1.29 is 14.0 Å². The van der Waals surface area contributed by atoms with Gasteiger partial charge in [0.25, 0.3) is 5.56 Å². The predicted octanol–water partition coefficient (Wildman–Crippen LogP) is 3.19. The second kappa shape index (κ2) is 7.44. The van der Waals surface area contributed by atoms with Crippen LogP contribution in [0, 0.1) is 12.8 Å². The molecule has 1 aliphatic rings. The second-order valence-corrected chi connectivity index (χ2v) is 7.56. The third-order valence-electron chi connectivity index (χ3n) is 5.42. The first-order chi connectivity index (χ1) is 14.3. The van der Waals surface area contributed by atoms with Crippen molar-refractivity contribution in [3.63, 3.8) is 0 Å². The number of hydrogen-bond acceptors (Lipinski definition) is 5. The molecule has 0 saturated heterocycles. The number of halogens is 1. The first kappa shape index (κ1) is 19.9. The van der Waals surface area contributed by atoms with Crippen LogP contribution in [0.5, 0.6) is 0 Å². The fraction of sp³-hybridized carbons (Fsp3) is 0.318. The van der Waals surface area contributed by atoms with Gasteiger partial charge in [-0.05, 0) is 31.0 Å². The van der Waals surface area contributed by atoms with Gasteiger partial charge in [0.2, 0.25) is 5.91 Å². The standard InChI is InChI=1S/C22H21FN4O3/c1-4-19(28)17-5-11(2)15(10-24-17)13-6-12-9-25-20(8-18(12)27(3)22(13)30)26-21(29)14-7-16(14)23/h5-6,8-10,14,16H,4,7H2,1-3H3,(H,25,26,29)/t14-,16+/m0/s1. The summed E-state index contributed by atoms with van der Waals surface area (Å²) in [5.41, 5.74) is 2.60. The monoisotopic (exact) mass is 408 g/mol. The molecule has 0 radical (unpaired) electrons. The van der Waals surface area contributed by atoms with Crippen molar-refractivity contribution in [1.82, 2.24) is 14.5 Å². The largest absolute Gasteiger partial charge is 0.311 e. The molecule has 7 nitrogen and oxygen atoms in total. The molecule has 0 spiro atoms. The Morgan fingerprint density at radius 3 is 2.57 bits per heavy atom. The molecule has 0 aromatic carbocycles. The number of nitrogens with zero attached hydrogens (tertiary/aromatic N) is 3.